The fraction of sp³-hybridized carbons (Fsp3) is 0.667. The van der Waals surface area contributed by atoms with Crippen LogP contribution in [0.3, 0.4) is 0 Å². The molecule has 0 aromatic carbocycles. The summed E-state index contributed by atoms with van der Waals surface area (Å²) < 4.78 is 0. The third kappa shape index (κ3) is 9.55. The van der Waals surface area contributed by atoms with Crippen LogP contribution in [-0.2, 0) is 4.79 Å². The van der Waals surface area contributed by atoms with E-state index in [9.17, 15) is 4.79 Å². The molecule has 0 heterocycles. The molecule has 0 amide bonds. The Morgan fingerprint density at radius 2 is 1.75 bits per heavy atom. The Bertz CT molecular complexity index is 62.3. The second kappa shape index (κ2) is 7.27. The molecule has 1 atom stereocenters. The van der Waals surface area contributed by atoms with Crippen LogP contribution in [0.1, 0.15) is 6.92 Å². The van der Waals surface area contributed by atoms with Crippen LogP contribution < -0.4 is 0 Å². The molecule has 1 unspecified atom stereocenters. The summed E-state index contributed by atoms with van der Waals surface area (Å²) in [5, 5.41) is 15.8. The van der Waals surface area contributed by atoms with E-state index in [2.05, 4.69) is 0 Å². The minimum atomic E-state index is -1.23. The normalized spacial score (nSPS) is 10.2. The van der Waals surface area contributed by atoms with E-state index in [0.29, 0.717) is 0 Å². The number of rotatable bonds is 1. The summed E-state index contributed by atoms with van der Waals surface area (Å²) in [5.74, 6) is -1.19. The Hall–Kier alpha value is 0.273. The van der Waals surface area contributed by atoms with Crippen molar-refractivity contribution in [3.05, 3.63) is 0 Å². The second-order valence-corrected chi connectivity index (χ2v) is 1.01. The number of hydrogen-bond donors (Lipinski definition) is 2. The zero-order valence-corrected chi connectivity index (χ0v) is 10.1. The number of aliphatic hydroxyl groups is 1. The van der Waals surface area contributed by atoms with E-state index in [0.717, 1.165) is 0 Å². The van der Waals surface area contributed by atoms with E-state index in [1.54, 1.807) is 0 Å². The molecule has 0 aromatic heterocycles. The molecule has 0 aliphatic carbocycles. The van der Waals surface area contributed by atoms with E-state index in [1.165, 1.54) is 6.92 Å². The first-order valence-electron chi connectivity index (χ1n) is 1.55. The SMILES string of the molecule is CC(O)C(=O)O.O.[BiH3]. The molecule has 0 aliphatic heterocycles. The van der Waals surface area contributed by atoms with E-state index in [4.69, 9.17) is 10.2 Å². The van der Waals surface area contributed by atoms with Crippen molar-refractivity contribution < 1.29 is 20.5 Å². The van der Waals surface area contributed by atoms with Crippen molar-refractivity contribution in [2.75, 3.05) is 0 Å². The average Bonchev–Trinajstić information content (AvgIpc) is 1.36. The van der Waals surface area contributed by atoms with Gasteiger partial charge in [0, 0.05) is 0 Å². The number of carboxylic acid groups (broad SMARTS) is 1. The summed E-state index contributed by atoms with van der Waals surface area (Å²) >= 11 is 0. The van der Waals surface area contributed by atoms with Gasteiger partial charge in [0.1, 0.15) is 6.10 Å². The number of aliphatic carboxylic acids is 1. The van der Waals surface area contributed by atoms with Crippen LogP contribution in [-0.4, -0.2) is 54.0 Å². The fourth-order valence-electron chi connectivity index (χ4n) is 0. The Labute approximate surface area is 65.9 Å². The van der Waals surface area contributed by atoms with Crippen LogP contribution in [0.5, 0.6) is 0 Å². The number of hydrogen-bond acceptors (Lipinski definition) is 2. The summed E-state index contributed by atoms with van der Waals surface area (Å²) in [6, 6.07) is 0. The fourth-order valence-corrected chi connectivity index (χ4v) is 0. The second-order valence-electron chi connectivity index (χ2n) is 1.01. The Balaban J connectivity index is -0.000000125. The van der Waals surface area contributed by atoms with Crippen molar-refractivity contribution >= 4 is 32.2 Å². The molecular formula is C3H11BiO4. The van der Waals surface area contributed by atoms with Crippen molar-refractivity contribution in [1.82, 2.24) is 0 Å². The molecule has 5 heteroatoms. The predicted molar refractivity (Wildman–Crippen MR) is 32.9 cm³/mol. The van der Waals surface area contributed by atoms with Crippen LogP contribution >= 0.6 is 0 Å². The van der Waals surface area contributed by atoms with Gasteiger partial charge in [-0.3, -0.25) is 0 Å². The first-order chi connectivity index (χ1) is 2.64. The number of aliphatic hydroxyl groups excluding tert-OH is 1. The number of carbonyl (C=O) groups is 1. The Kier molecular flexibility index (Phi) is 14.3. The summed E-state index contributed by atoms with van der Waals surface area (Å²) in [5.41, 5.74) is 0. The third-order valence-electron chi connectivity index (χ3n) is 0.357. The molecule has 0 saturated carbocycles. The van der Waals surface area contributed by atoms with Gasteiger partial charge in [0.15, 0.2) is 0 Å². The zero-order chi connectivity index (χ0) is 5.15. The van der Waals surface area contributed by atoms with Gasteiger partial charge in [0.25, 0.3) is 0 Å². The average molecular weight is 320 g/mol. The van der Waals surface area contributed by atoms with Gasteiger partial charge >= 0.3 is 32.2 Å². The van der Waals surface area contributed by atoms with Gasteiger partial charge in [-0.25, -0.2) is 4.79 Å². The van der Waals surface area contributed by atoms with Crippen molar-refractivity contribution in [1.29, 1.82) is 0 Å². The van der Waals surface area contributed by atoms with Crippen molar-refractivity contribution in [2.24, 2.45) is 0 Å². The van der Waals surface area contributed by atoms with Crippen molar-refractivity contribution in [3.63, 3.8) is 0 Å². The summed E-state index contributed by atoms with van der Waals surface area (Å²) in [7, 11) is 0. The van der Waals surface area contributed by atoms with Crippen LogP contribution in [0.2, 0.25) is 0 Å². The molecule has 0 radical (unpaired) electrons. The quantitative estimate of drug-likeness (QED) is 0.521. The summed E-state index contributed by atoms with van der Waals surface area (Å²) in [4.78, 5) is 9.45. The third-order valence-corrected chi connectivity index (χ3v) is 0.357. The minimum absolute atomic E-state index is 0. The monoisotopic (exact) mass is 320 g/mol. The van der Waals surface area contributed by atoms with Crippen LogP contribution in [0.4, 0.5) is 0 Å². The van der Waals surface area contributed by atoms with E-state index >= 15 is 0 Å². The zero-order valence-electron chi connectivity index (χ0n) is 4.59. The van der Waals surface area contributed by atoms with Gasteiger partial charge in [-0.05, 0) is 6.92 Å². The number of carboxylic acids is 1. The molecule has 4 nitrogen and oxygen atoms in total. The molecule has 4 N–H and O–H groups in total. The molecule has 0 saturated heterocycles. The van der Waals surface area contributed by atoms with Gasteiger partial charge < -0.3 is 15.7 Å². The summed E-state index contributed by atoms with van der Waals surface area (Å²) in [6.07, 6.45) is -1.23. The molecule has 8 heavy (non-hydrogen) atoms. The molecule has 0 bridgehead atoms. The van der Waals surface area contributed by atoms with Crippen molar-refractivity contribution in [3.8, 4) is 0 Å². The molecule has 52 valence electrons. The van der Waals surface area contributed by atoms with E-state index in [1.807, 2.05) is 0 Å². The first-order valence-corrected chi connectivity index (χ1v) is 1.55. The van der Waals surface area contributed by atoms with Crippen molar-refractivity contribution in [2.45, 2.75) is 13.0 Å². The standard InChI is InChI=1S/C3H6O3.Bi.H2O.3H/c1-2(4)3(5)6;;;;;/h2,4H,1H3,(H,5,6);;1H2;;;. The molecule has 0 aliphatic rings. The van der Waals surface area contributed by atoms with Gasteiger partial charge in [0.2, 0.25) is 0 Å². The molecule has 0 rings (SSSR count). The Morgan fingerprint density at radius 1 is 1.62 bits per heavy atom. The molecule has 0 aromatic rings. The van der Waals surface area contributed by atoms with Crippen LogP contribution in [0, 0.1) is 0 Å². The van der Waals surface area contributed by atoms with E-state index < -0.39 is 12.1 Å². The van der Waals surface area contributed by atoms with Gasteiger partial charge in [-0.1, -0.05) is 0 Å². The summed E-state index contributed by atoms with van der Waals surface area (Å²) in [6.45, 7) is 1.20. The maximum atomic E-state index is 9.45. The van der Waals surface area contributed by atoms with Crippen LogP contribution in [0.25, 0.3) is 0 Å². The van der Waals surface area contributed by atoms with Gasteiger partial charge in [0.05, 0.1) is 0 Å². The van der Waals surface area contributed by atoms with E-state index in [-0.39, 0.29) is 31.7 Å². The van der Waals surface area contributed by atoms with Crippen LogP contribution in [0.15, 0.2) is 0 Å². The Morgan fingerprint density at radius 3 is 1.75 bits per heavy atom. The molecular weight excluding hydrogens is 309 g/mol. The topological polar surface area (TPSA) is 89.0 Å². The predicted octanol–water partition coefficient (Wildman–Crippen LogP) is -2.56. The molecule has 0 fully saturated rings. The first kappa shape index (κ1) is 15.7. The van der Waals surface area contributed by atoms with Gasteiger partial charge in [-0.2, -0.15) is 0 Å². The van der Waals surface area contributed by atoms with Gasteiger partial charge in [-0.15, -0.1) is 0 Å². The molecule has 0 spiro atoms. The maximum absolute atomic E-state index is 9.45.